The van der Waals surface area contributed by atoms with Gasteiger partial charge in [0.15, 0.2) is 0 Å². The predicted octanol–water partition coefficient (Wildman–Crippen LogP) is 2.66. The Kier molecular flexibility index (Phi) is 4.53. The molecule has 1 aliphatic rings. The number of carboxylic acids is 1. The summed E-state index contributed by atoms with van der Waals surface area (Å²) in [5, 5.41) is 11.2. The summed E-state index contributed by atoms with van der Waals surface area (Å²) in [4.78, 5) is 29.7. The smallest absolute Gasteiger partial charge is 0.311 e. The minimum Gasteiger partial charge on any atom is -0.487 e. The second-order valence-corrected chi connectivity index (χ2v) is 6.86. The quantitative estimate of drug-likeness (QED) is 0.900. The highest BCUT2D eigenvalue weighted by Gasteiger charge is 2.42. The first-order valence-electron chi connectivity index (χ1n) is 7.60. The number of hydrogen-bond donors (Lipinski definition) is 1. The number of carboxylic acid groups (broad SMARTS) is 1. The third-order valence-corrected chi connectivity index (χ3v) is 4.86. The first-order chi connectivity index (χ1) is 11.5. The average molecular weight is 346 g/mol. The van der Waals surface area contributed by atoms with Gasteiger partial charge in [-0.15, -0.1) is 11.3 Å². The maximum absolute atomic E-state index is 12.6. The van der Waals surface area contributed by atoms with E-state index in [2.05, 4.69) is 4.98 Å². The van der Waals surface area contributed by atoms with Crippen LogP contribution in [0.3, 0.4) is 0 Å². The molecule has 1 saturated heterocycles. The Bertz CT molecular complexity index is 747. The van der Waals surface area contributed by atoms with E-state index in [4.69, 9.17) is 4.74 Å². The Morgan fingerprint density at radius 3 is 2.96 bits per heavy atom. The van der Waals surface area contributed by atoms with E-state index in [1.807, 2.05) is 5.38 Å². The maximum atomic E-state index is 12.6. The number of benzene rings is 1. The summed E-state index contributed by atoms with van der Waals surface area (Å²) in [6.45, 7) is 2.70. The van der Waals surface area contributed by atoms with Crippen LogP contribution in [0.4, 0.5) is 0 Å². The number of carbonyl (C=O) groups excluding carboxylic acids is 1. The molecule has 0 radical (unpaired) electrons. The first kappa shape index (κ1) is 16.4. The maximum Gasteiger partial charge on any atom is 0.311 e. The number of likely N-dealkylation sites (tertiary alicyclic amines) is 1. The molecule has 126 valence electrons. The summed E-state index contributed by atoms with van der Waals surface area (Å²) >= 11 is 1.50. The topological polar surface area (TPSA) is 79.7 Å². The number of rotatable bonds is 5. The highest BCUT2D eigenvalue weighted by Crippen LogP contribution is 2.31. The Morgan fingerprint density at radius 1 is 1.46 bits per heavy atom. The van der Waals surface area contributed by atoms with Gasteiger partial charge in [0.25, 0.3) is 5.91 Å². The van der Waals surface area contributed by atoms with E-state index < -0.39 is 11.4 Å². The van der Waals surface area contributed by atoms with Crippen molar-refractivity contribution in [2.75, 3.05) is 13.1 Å². The zero-order chi connectivity index (χ0) is 17.2. The molecule has 0 spiro atoms. The molecular formula is C17H18N2O4S. The van der Waals surface area contributed by atoms with E-state index in [9.17, 15) is 14.7 Å². The van der Waals surface area contributed by atoms with Gasteiger partial charge >= 0.3 is 5.97 Å². The van der Waals surface area contributed by atoms with Gasteiger partial charge in [0.2, 0.25) is 0 Å². The zero-order valence-corrected chi connectivity index (χ0v) is 14.1. The lowest BCUT2D eigenvalue weighted by Gasteiger charge is -2.20. The van der Waals surface area contributed by atoms with Crippen molar-refractivity contribution in [1.29, 1.82) is 0 Å². The van der Waals surface area contributed by atoms with Crippen LogP contribution < -0.4 is 4.74 Å². The molecule has 0 aliphatic carbocycles. The van der Waals surface area contributed by atoms with E-state index >= 15 is 0 Å². The van der Waals surface area contributed by atoms with Crippen LogP contribution in [0, 0.1) is 5.41 Å². The van der Waals surface area contributed by atoms with Crippen LogP contribution in [0.1, 0.15) is 29.4 Å². The largest absolute Gasteiger partial charge is 0.487 e. The number of amides is 1. The summed E-state index contributed by atoms with van der Waals surface area (Å²) in [6, 6.07) is 6.95. The van der Waals surface area contributed by atoms with Crippen molar-refractivity contribution in [1.82, 2.24) is 9.88 Å². The minimum absolute atomic E-state index is 0.168. The van der Waals surface area contributed by atoms with Crippen molar-refractivity contribution in [2.45, 2.75) is 20.0 Å². The molecule has 1 aliphatic heterocycles. The lowest BCUT2D eigenvalue weighted by molar-refractivity contribution is -0.147. The number of aliphatic carboxylic acids is 1. The second-order valence-electron chi connectivity index (χ2n) is 6.14. The van der Waals surface area contributed by atoms with Crippen LogP contribution >= 0.6 is 11.3 Å². The third kappa shape index (κ3) is 3.41. The second kappa shape index (κ2) is 6.60. The van der Waals surface area contributed by atoms with Crippen molar-refractivity contribution in [3.05, 3.63) is 46.4 Å². The summed E-state index contributed by atoms with van der Waals surface area (Å²) < 4.78 is 5.66. The highest BCUT2D eigenvalue weighted by atomic mass is 32.1. The number of nitrogens with zero attached hydrogens (tertiary/aromatic N) is 2. The van der Waals surface area contributed by atoms with E-state index in [1.165, 1.54) is 11.3 Å². The highest BCUT2D eigenvalue weighted by molar-refractivity contribution is 7.07. The van der Waals surface area contributed by atoms with Gasteiger partial charge in [-0.05, 0) is 31.5 Å². The number of hydrogen-bond acceptors (Lipinski definition) is 5. The van der Waals surface area contributed by atoms with Crippen LogP contribution in [-0.4, -0.2) is 40.0 Å². The first-order valence-corrected chi connectivity index (χ1v) is 8.55. The van der Waals surface area contributed by atoms with Crippen molar-refractivity contribution in [3.63, 3.8) is 0 Å². The molecule has 1 aromatic carbocycles. The van der Waals surface area contributed by atoms with Gasteiger partial charge in [-0.2, -0.15) is 0 Å². The molecule has 0 saturated carbocycles. The SMILES string of the molecule is C[C@]1(C(=O)O)CCN(C(=O)c2cccc(OCc3cscn3)c2)C1. The van der Waals surface area contributed by atoms with Gasteiger partial charge in [0.1, 0.15) is 12.4 Å². The van der Waals surface area contributed by atoms with Crippen molar-refractivity contribution in [2.24, 2.45) is 5.41 Å². The van der Waals surface area contributed by atoms with E-state index in [1.54, 1.807) is 41.6 Å². The zero-order valence-electron chi connectivity index (χ0n) is 13.3. The number of thiazole rings is 1. The Labute approximate surface area is 143 Å². The number of ether oxygens (including phenoxy) is 1. The molecule has 2 heterocycles. The third-order valence-electron chi connectivity index (χ3n) is 4.23. The molecule has 1 aromatic heterocycles. The van der Waals surface area contributed by atoms with E-state index in [0.717, 1.165) is 5.69 Å². The molecule has 1 atom stereocenters. The predicted molar refractivity (Wildman–Crippen MR) is 89.2 cm³/mol. The van der Waals surface area contributed by atoms with E-state index in [0.29, 0.717) is 30.9 Å². The Balaban J connectivity index is 1.67. The normalized spacial score (nSPS) is 20.1. The fourth-order valence-corrected chi connectivity index (χ4v) is 3.22. The molecule has 2 aromatic rings. The van der Waals surface area contributed by atoms with Gasteiger partial charge < -0.3 is 14.7 Å². The summed E-state index contributed by atoms with van der Waals surface area (Å²) in [5.41, 5.74) is 2.22. The lowest BCUT2D eigenvalue weighted by atomic mass is 9.90. The molecule has 0 unspecified atom stereocenters. The van der Waals surface area contributed by atoms with Crippen molar-refractivity contribution in [3.8, 4) is 5.75 Å². The van der Waals surface area contributed by atoms with Gasteiger partial charge in [-0.1, -0.05) is 6.07 Å². The van der Waals surface area contributed by atoms with Crippen LogP contribution in [-0.2, 0) is 11.4 Å². The monoisotopic (exact) mass is 346 g/mol. The van der Waals surface area contributed by atoms with Crippen LogP contribution in [0.25, 0.3) is 0 Å². The Hall–Kier alpha value is -2.41. The Morgan fingerprint density at radius 2 is 2.29 bits per heavy atom. The standard InChI is InChI=1S/C17H18N2O4S/c1-17(16(21)22)5-6-19(10-17)15(20)12-3-2-4-14(7-12)23-8-13-9-24-11-18-13/h2-4,7,9,11H,5-6,8,10H2,1H3,(H,21,22)/t17-/m0/s1. The van der Waals surface area contributed by atoms with Gasteiger partial charge in [-0.25, -0.2) is 4.98 Å². The summed E-state index contributed by atoms with van der Waals surface area (Å²) in [5.74, 6) is -0.439. The summed E-state index contributed by atoms with van der Waals surface area (Å²) in [6.07, 6.45) is 0.466. The fraction of sp³-hybridized carbons (Fsp3) is 0.353. The lowest BCUT2D eigenvalue weighted by Crippen LogP contribution is -2.34. The van der Waals surface area contributed by atoms with Crippen LogP contribution in [0.15, 0.2) is 35.2 Å². The molecule has 0 bridgehead atoms. The molecule has 1 amide bonds. The van der Waals surface area contributed by atoms with Gasteiger partial charge in [0.05, 0.1) is 16.6 Å². The molecule has 1 fully saturated rings. The van der Waals surface area contributed by atoms with Gasteiger partial charge in [0, 0.05) is 24.0 Å². The molecular weight excluding hydrogens is 328 g/mol. The van der Waals surface area contributed by atoms with Crippen LogP contribution in [0.2, 0.25) is 0 Å². The summed E-state index contributed by atoms with van der Waals surface area (Å²) in [7, 11) is 0. The van der Waals surface area contributed by atoms with E-state index in [-0.39, 0.29) is 12.5 Å². The van der Waals surface area contributed by atoms with Crippen molar-refractivity contribution >= 4 is 23.2 Å². The minimum atomic E-state index is -0.867. The molecule has 3 rings (SSSR count). The molecule has 1 N–H and O–H groups in total. The number of aromatic nitrogens is 1. The molecule has 6 nitrogen and oxygen atoms in total. The fourth-order valence-electron chi connectivity index (χ4n) is 2.68. The van der Waals surface area contributed by atoms with Crippen molar-refractivity contribution < 1.29 is 19.4 Å². The number of carbonyl (C=O) groups is 2. The average Bonchev–Trinajstić information content (AvgIpc) is 3.23. The van der Waals surface area contributed by atoms with Crippen LogP contribution in [0.5, 0.6) is 5.75 Å². The molecule has 7 heteroatoms. The molecule has 24 heavy (non-hydrogen) atoms. The van der Waals surface area contributed by atoms with Gasteiger partial charge in [-0.3, -0.25) is 9.59 Å².